The van der Waals surface area contributed by atoms with E-state index in [1.807, 2.05) is 0 Å². The Kier molecular flexibility index (Phi) is 4.47. The summed E-state index contributed by atoms with van der Waals surface area (Å²) in [5.74, 6) is 1.60. The van der Waals surface area contributed by atoms with Crippen molar-refractivity contribution in [2.45, 2.75) is 58.8 Å². The number of carbonyl (C=O) groups excluding carboxylic acids is 1. The number of ketones is 1. The Morgan fingerprint density at radius 3 is 2.38 bits per heavy atom. The van der Waals surface area contributed by atoms with E-state index in [1.54, 1.807) is 6.92 Å². The molecule has 0 aromatic rings. The van der Waals surface area contributed by atoms with Crippen LogP contribution in [0, 0.1) is 11.8 Å². The maximum atomic E-state index is 11.2. The number of rotatable bonds is 4. The summed E-state index contributed by atoms with van der Waals surface area (Å²) in [5.41, 5.74) is 0. The van der Waals surface area contributed by atoms with Gasteiger partial charge < -0.3 is 0 Å². The van der Waals surface area contributed by atoms with Crippen LogP contribution in [0.2, 0.25) is 0 Å². The molecule has 1 aliphatic rings. The maximum absolute atomic E-state index is 11.2. The fourth-order valence-electron chi connectivity index (χ4n) is 2.45. The third-order valence-electron chi connectivity index (χ3n) is 3.41. The molecular formula is C12H22O. The van der Waals surface area contributed by atoms with E-state index in [2.05, 4.69) is 6.92 Å². The van der Waals surface area contributed by atoms with Gasteiger partial charge in [-0.05, 0) is 25.7 Å². The molecule has 1 saturated carbocycles. The van der Waals surface area contributed by atoms with Crippen molar-refractivity contribution in [3.8, 4) is 0 Å². The summed E-state index contributed by atoms with van der Waals surface area (Å²) in [6.45, 7) is 3.88. The normalized spacial score (nSPS) is 21.4. The van der Waals surface area contributed by atoms with Gasteiger partial charge in [0.25, 0.3) is 0 Å². The first-order valence-corrected chi connectivity index (χ1v) is 5.74. The molecule has 0 saturated heterocycles. The van der Waals surface area contributed by atoms with Gasteiger partial charge in [0.2, 0.25) is 0 Å². The molecule has 0 amide bonds. The van der Waals surface area contributed by atoms with Crippen molar-refractivity contribution in [1.29, 1.82) is 0 Å². The van der Waals surface area contributed by atoms with Crippen LogP contribution in [0.4, 0.5) is 0 Å². The first kappa shape index (κ1) is 10.7. The summed E-state index contributed by atoms with van der Waals surface area (Å²) in [7, 11) is 0. The summed E-state index contributed by atoms with van der Waals surface area (Å²) < 4.78 is 0. The molecule has 13 heavy (non-hydrogen) atoms. The zero-order valence-corrected chi connectivity index (χ0v) is 9.01. The van der Waals surface area contributed by atoms with E-state index in [4.69, 9.17) is 0 Å². The van der Waals surface area contributed by atoms with Gasteiger partial charge in [0, 0.05) is 5.92 Å². The highest BCUT2D eigenvalue weighted by Gasteiger charge is 2.20. The van der Waals surface area contributed by atoms with E-state index >= 15 is 0 Å². The van der Waals surface area contributed by atoms with E-state index in [0.29, 0.717) is 11.7 Å². The molecule has 0 heterocycles. The number of carbonyl (C=O) groups is 1. The van der Waals surface area contributed by atoms with Crippen molar-refractivity contribution >= 4 is 5.78 Å². The van der Waals surface area contributed by atoms with Crippen LogP contribution in [-0.4, -0.2) is 5.78 Å². The Morgan fingerprint density at radius 2 is 1.92 bits per heavy atom. The topological polar surface area (TPSA) is 17.1 Å². The molecule has 0 N–H and O–H groups in total. The first-order chi connectivity index (χ1) is 6.24. The SMILES string of the molecule is CC[C@@H](CC1CCCCC1)C(C)=O. The lowest BCUT2D eigenvalue weighted by Gasteiger charge is -2.24. The van der Waals surface area contributed by atoms with Gasteiger partial charge in [-0.25, -0.2) is 0 Å². The second-order valence-electron chi connectivity index (χ2n) is 4.46. The Balaban J connectivity index is 2.31. The van der Waals surface area contributed by atoms with Gasteiger partial charge in [-0.2, -0.15) is 0 Å². The second kappa shape index (κ2) is 5.41. The summed E-state index contributed by atoms with van der Waals surface area (Å²) in [4.78, 5) is 11.2. The van der Waals surface area contributed by atoms with Gasteiger partial charge >= 0.3 is 0 Å². The fraction of sp³-hybridized carbons (Fsp3) is 0.917. The Labute approximate surface area is 81.9 Å². The molecule has 0 unspecified atom stereocenters. The molecule has 1 atom stereocenters. The van der Waals surface area contributed by atoms with Crippen LogP contribution >= 0.6 is 0 Å². The number of Topliss-reactive ketones (excluding diaryl/α,β-unsaturated/α-hetero) is 1. The van der Waals surface area contributed by atoms with E-state index < -0.39 is 0 Å². The zero-order valence-electron chi connectivity index (χ0n) is 9.01. The molecule has 1 rings (SSSR count). The van der Waals surface area contributed by atoms with Gasteiger partial charge in [-0.15, -0.1) is 0 Å². The second-order valence-corrected chi connectivity index (χ2v) is 4.46. The smallest absolute Gasteiger partial charge is 0.132 e. The molecule has 1 fully saturated rings. The Hall–Kier alpha value is -0.330. The lowest BCUT2D eigenvalue weighted by atomic mass is 9.81. The van der Waals surface area contributed by atoms with E-state index in [-0.39, 0.29) is 0 Å². The standard InChI is InChI=1S/C12H22O/c1-3-12(10(2)13)9-11-7-5-4-6-8-11/h11-12H,3-9H2,1-2H3/t12-/m0/s1. The van der Waals surface area contributed by atoms with Crippen LogP contribution in [0.25, 0.3) is 0 Å². The monoisotopic (exact) mass is 182 g/mol. The predicted octanol–water partition coefficient (Wildman–Crippen LogP) is 3.57. The van der Waals surface area contributed by atoms with Gasteiger partial charge in [-0.1, -0.05) is 39.0 Å². The van der Waals surface area contributed by atoms with Crippen molar-refractivity contribution in [1.82, 2.24) is 0 Å². The van der Waals surface area contributed by atoms with E-state index in [1.165, 1.54) is 32.1 Å². The van der Waals surface area contributed by atoms with Crippen LogP contribution in [0.3, 0.4) is 0 Å². The molecule has 0 spiro atoms. The van der Waals surface area contributed by atoms with E-state index in [0.717, 1.165) is 18.8 Å². The van der Waals surface area contributed by atoms with Crippen molar-refractivity contribution < 1.29 is 4.79 Å². The maximum Gasteiger partial charge on any atom is 0.132 e. The van der Waals surface area contributed by atoms with Gasteiger partial charge in [0.15, 0.2) is 0 Å². The molecule has 1 aliphatic carbocycles. The molecule has 1 nitrogen and oxygen atoms in total. The highest BCUT2D eigenvalue weighted by molar-refractivity contribution is 5.78. The first-order valence-electron chi connectivity index (χ1n) is 5.74. The Morgan fingerprint density at radius 1 is 1.31 bits per heavy atom. The number of hydrogen-bond donors (Lipinski definition) is 0. The van der Waals surface area contributed by atoms with Crippen LogP contribution in [0.5, 0.6) is 0 Å². The minimum atomic E-state index is 0.350. The van der Waals surface area contributed by atoms with Crippen molar-refractivity contribution in [2.24, 2.45) is 11.8 Å². The average molecular weight is 182 g/mol. The predicted molar refractivity (Wildman–Crippen MR) is 55.7 cm³/mol. The van der Waals surface area contributed by atoms with Crippen molar-refractivity contribution in [2.75, 3.05) is 0 Å². The molecule has 0 bridgehead atoms. The fourth-order valence-corrected chi connectivity index (χ4v) is 2.45. The average Bonchev–Trinajstić information content (AvgIpc) is 2.15. The van der Waals surface area contributed by atoms with Crippen LogP contribution in [0.15, 0.2) is 0 Å². The zero-order chi connectivity index (χ0) is 9.68. The molecule has 0 aromatic carbocycles. The van der Waals surface area contributed by atoms with Gasteiger partial charge in [-0.3, -0.25) is 4.79 Å². The third kappa shape index (κ3) is 3.50. The summed E-state index contributed by atoms with van der Waals surface area (Å²) in [5, 5.41) is 0. The summed E-state index contributed by atoms with van der Waals surface area (Å²) in [6, 6.07) is 0. The molecule has 0 radical (unpaired) electrons. The van der Waals surface area contributed by atoms with Crippen LogP contribution < -0.4 is 0 Å². The van der Waals surface area contributed by atoms with Crippen molar-refractivity contribution in [3.05, 3.63) is 0 Å². The minimum Gasteiger partial charge on any atom is -0.300 e. The highest BCUT2D eigenvalue weighted by Crippen LogP contribution is 2.30. The van der Waals surface area contributed by atoms with E-state index in [9.17, 15) is 4.79 Å². The van der Waals surface area contributed by atoms with Gasteiger partial charge in [0.1, 0.15) is 5.78 Å². The van der Waals surface area contributed by atoms with Gasteiger partial charge in [0.05, 0.1) is 0 Å². The molecule has 0 aromatic heterocycles. The highest BCUT2D eigenvalue weighted by atomic mass is 16.1. The van der Waals surface area contributed by atoms with Crippen molar-refractivity contribution in [3.63, 3.8) is 0 Å². The van der Waals surface area contributed by atoms with Crippen LogP contribution in [-0.2, 0) is 4.79 Å². The molecule has 0 aliphatic heterocycles. The third-order valence-corrected chi connectivity index (χ3v) is 3.41. The summed E-state index contributed by atoms with van der Waals surface area (Å²) in [6.07, 6.45) is 9.11. The minimum absolute atomic E-state index is 0.350. The quantitative estimate of drug-likeness (QED) is 0.649. The molecule has 1 heteroatoms. The largest absolute Gasteiger partial charge is 0.300 e. The molecule has 76 valence electrons. The summed E-state index contributed by atoms with van der Waals surface area (Å²) >= 11 is 0. The lowest BCUT2D eigenvalue weighted by molar-refractivity contribution is -0.121. The number of hydrogen-bond acceptors (Lipinski definition) is 1. The Bertz CT molecular complexity index is 157. The van der Waals surface area contributed by atoms with Crippen LogP contribution in [0.1, 0.15) is 58.8 Å². The lowest BCUT2D eigenvalue weighted by Crippen LogP contribution is -2.17. The molecular weight excluding hydrogens is 160 g/mol.